The molecule has 0 fully saturated rings. The highest BCUT2D eigenvalue weighted by atomic mass is 79.9. The molecule has 1 amide bonds. The molecule has 1 aliphatic heterocycles. The number of rotatable bonds is 14. The number of halogens is 1. The summed E-state index contributed by atoms with van der Waals surface area (Å²) in [4.78, 5) is 19.1. The smallest absolute Gasteiger partial charge is 0.266 e. The van der Waals surface area contributed by atoms with Crippen molar-refractivity contribution in [3.05, 3.63) is 100 Å². The molecule has 0 aliphatic carbocycles. The van der Waals surface area contributed by atoms with Gasteiger partial charge in [-0.25, -0.2) is 10.4 Å². The Morgan fingerprint density at radius 2 is 1.75 bits per heavy atom. The number of hydrogen-bond acceptors (Lipinski definition) is 8. The summed E-state index contributed by atoms with van der Waals surface area (Å²) in [7, 11) is 3.06. The van der Waals surface area contributed by atoms with Gasteiger partial charge in [0.05, 0.1) is 13.2 Å². The van der Waals surface area contributed by atoms with Crippen molar-refractivity contribution in [3.8, 4) is 5.75 Å². The van der Waals surface area contributed by atoms with Crippen LogP contribution in [0, 0.1) is 0 Å². The number of hydrogen-bond donors (Lipinski definition) is 3. The summed E-state index contributed by atoms with van der Waals surface area (Å²) in [5.74, 6) is 0.656. The number of carbonyl (C=O) groups excluding carboxylic acids is 1. The molecular formula is C30H34BrN3O6. The van der Waals surface area contributed by atoms with Crippen molar-refractivity contribution in [1.29, 1.82) is 0 Å². The van der Waals surface area contributed by atoms with Crippen LogP contribution in [0.3, 0.4) is 0 Å². The van der Waals surface area contributed by atoms with Gasteiger partial charge in [0.15, 0.2) is 17.9 Å². The van der Waals surface area contributed by atoms with E-state index in [1.54, 1.807) is 0 Å². The quantitative estimate of drug-likeness (QED) is 0.144. The number of hydrazine groups is 1. The van der Waals surface area contributed by atoms with Gasteiger partial charge in [-0.15, -0.1) is 0 Å². The Morgan fingerprint density at radius 3 is 2.42 bits per heavy atom. The van der Waals surface area contributed by atoms with Crippen molar-refractivity contribution >= 4 is 27.7 Å². The van der Waals surface area contributed by atoms with E-state index in [4.69, 9.17) is 29.0 Å². The van der Waals surface area contributed by atoms with Crippen molar-refractivity contribution in [2.24, 2.45) is 4.99 Å². The lowest BCUT2D eigenvalue weighted by atomic mass is 9.82. The van der Waals surface area contributed by atoms with Crippen LogP contribution < -0.4 is 15.6 Å². The number of aliphatic imine (C=N–C) groups is 1. The normalized spacial score (nSPS) is 18.3. The summed E-state index contributed by atoms with van der Waals surface area (Å²) >= 11 is 3.65. The number of benzene rings is 3. The Hall–Kier alpha value is -3.28. The number of methoxy groups -OCH3 is 2. The number of carbonyl (C=O) groups is 1. The lowest BCUT2D eigenvalue weighted by Crippen LogP contribution is -2.55. The third-order valence-corrected chi connectivity index (χ3v) is 7.25. The Morgan fingerprint density at radius 1 is 1.05 bits per heavy atom. The third-order valence-electron chi connectivity index (χ3n) is 6.53. The summed E-state index contributed by atoms with van der Waals surface area (Å²) < 4.78 is 23.5. The number of aliphatic hydroxyl groups excluding tert-OH is 1. The van der Waals surface area contributed by atoms with Gasteiger partial charge in [0, 0.05) is 49.3 Å². The van der Waals surface area contributed by atoms with Crippen LogP contribution in [0.5, 0.6) is 5.75 Å². The minimum Gasteiger partial charge on any atom is -0.494 e. The second-order valence-corrected chi connectivity index (χ2v) is 10.1. The van der Waals surface area contributed by atoms with Crippen LogP contribution in [0.15, 0.2) is 88.3 Å². The molecule has 3 aromatic rings. The van der Waals surface area contributed by atoms with Crippen LogP contribution in [0.2, 0.25) is 0 Å². The van der Waals surface area contributed by atoms with E-state index >= 15 is 0 Å². The standard InChI is InChI=1S/C30H34BrN3O6/c1-37-26(38-2)20-32-34-29(36)30(19-21-9-4-3-5-10-21)27(24-11-6-7-12-25(24)31)40-28(33-30)22-13-15-23(16-14-22)39-18-8-17-35/h3-7,9-16,26-27,32,35H,8,17-20H2,1-2H3,(H,34,36)/t27-,30-/m0/s1. The molecule has 10 heteroatoms. The van der Waals surface area contributed by atoms with E-state index in [2.05, 4.69) is 26.8 Å². The molecule has 1 heterocycles. The first-order valence-electron chi connectivity index (χ1n) is 13.0. The average molecular weight is 613 g/mol. The van der Waals surface area contributed by atoms with Gasteiger partial charge in [-0.05, 0) is 35.9 Å². The molecule has 3 N–H and O–H groups in total. The fourth-order valence-corrected chi connectivity index (χ4v) is 4.93. The SMILES string of the molecule is COC(CNNC(=O)[C@@]1(Cc2ccccc2)N=C(c2ccc(OCCCO)cc2)O[C@H]1c1ccccc1Br)OC. The molecule has 1 aliphatic rings. The van der Waals surface area contributed by atoms with Crippen LogP contribution in [0.25, 0.3) is 0 Å². The summed E-state index contributed by atoms with van der Waals surface area (Å²) in [6, 6.07) is 24.7. The number of amides is 1. The van der Waals surface area contributed by atoms with Crippen LogP contribution in [-0.2, 0) is 25.4 Å². The molecule has 212 valence electrons. The number of aliphatic hydroxyl groups is 1. The van der Waals surface area contributed by atoms with Gasteiger partial charge in [0.1, 0.15) is 5.75 Å². The fraction of sp³-hybridized carbons (Fsp3) is 0.333. The molecule has 0 bridgehead atoms. The van der Waals surface area contributed by atoms with Crippen LogP contribution in [0.4, 0.5) is 0 Å². The summed E-state index contributed by atoms with van der Waals surface area (Å²) in [6.07, 6.45) is -0.439. The second kappa shape index (κ2) is 14.4. The van der Waals surface area contributed by atoms with Gasteiger partial charge in [-0.1, -0.05) is 64.5 Å². The topological polar surface area (TPSA) is 111 Å². The number of nitrogens with zero attached hydrogens (tertiary/aromatic N) is 1. The van der Waals surface area contributed by atoms with E-state index < -0.39 is 17.9 Å². The first-order chi connectivity index (χ1) is 19.5. The van der Waals surface area contributed by atoms with Crippen molar-refractivity contribution in [3.63, 3.8) is 0 Å². The third kappa shape index (κ3) is 7.07. The lowest BCUT2D eigenvalue weighted by Gasteiger charge is -2.31. The van der Waals surface area contributed by atoms with E-state index in [1.807, 2.05) is 78.9 Å². The Balaban J connectivity index is 1.73. The van der Waals surface area contributed by atoms with Gasteiger partial charge in [0.25, 0.3) is 5.91 Å². The average Bonchev–Trinajstić information content (AvgIpc) is 3.36. The Bertz CT molecular complexity index is 1270. The number of ether oxygens (including phenoxy) is 4. The summed E-state index contributed by atoms with van der Waals surface area (Å²) in [5.41, 5.74) is 6.84. The van der Waals surface area contributed by atoms with Crippen LogP contribution in [0.1, 0.15) is 29.2 Å². The highest BCUT2D eigenvalue weighted by molar-refractivity contribution is 9.10. The van der Waals surface area contributed by atoms with Crippen molar-refractivity contribution in [1.82, 2.24) is 10.9 Å². The van der Waals surface area contributed by atoms with Crippen LogP contribution in [-0.4, -0.2) is 62.7 Å². The molecule has 0 saturated carbocycles. The molecule has 40 heavy (non-hydrogen) atoms. The molecule has 0 unspecified atom stereocenters. The van der Waals surface area contributed by atoms with Gasteiger partial charge < -0.3 is 24.1 Å². The molecule has 2 atom stereocenters. The van der Waals surface area contributed by atoms with Gasteiger partial charge >= 0.3 is 0 Å². The minimum absolute atomic E-state index is 0.0666. The summed E-state index contributed by atoms with van der Waals surface area (Å²) in [5, 5.41) is 9.01. The predicted molar refractivity (Wildman–Crippen MR) is 155 cm³/mol. The van der Waals surface area contributed by atoms with E-state index in [-0.39, 0.29) is 25.5 Å². The molecule has 3 aromatic carbocycles. The fourth-order valence-electron chi connectivity index (χ4n) is 4.44. The first kappa shape index (κ1) is 29.7. The maximum absolute atomic E-state index is 14.1. The molecule has 0 aromatic heterocycles. The van der Waals surface area contributed by atoms with E-state index in [9.17, 15) is 4.79 Å². The Labute approximate surface area is 242 Å². The van der Waals surface area contributed by atoms with E-state index in [1.165, 1.54) is 14.2 Å². The zero-order valence-electron chi connectivity index (χ0n) is 22.5. The monoisotopic (exact) mass is 611 g/mol. The van der Waals surface area contributed by atoms with Gasteiger partial charge in [-0.2, -0.15) is 0 Å². The van der Waals surface area contributed by atoms with Gasteiger partial charge in [-0.3, -0.25) is 10.2 Å². The van der Waals surface area contributed by atoms with Crippen LogP contribution >= 0.6 is 15.9 Å². The predicted octanol–water partition coefficient (Wildman–Crippen LogP) is 3.95. The highest BCUT2D eigenvalue weighted by Crippen LogP contribution is 2.44. The highest BCUT2D eigenvalue weighted by Gasteiger charge is 2.54. The molecular weight excluding hydrogens is 578 g/mol. The lowest BCUT2D eigenvalue weighted by molar-refractivity contribution is -0.131. The second-order valence-electron chi connectivity index (χ2n) is 9.21. The molecule has 0 spiro atoms. The van der Waals surface area contributed by atoms with Crippen molar-refractivity contribution < 1.29 is 28.8 Å². The van der Waals surface area contributed by atoms with Gasteiger partial charge in [0.2, 0.25) is 5.90 Å². The molecule has 0 radical (unpaired) electrons. The maximum Gasteiger partial charge on any atom is 0.266 e. The summed E-state index contributed by atoms with van der Waals surface area (Å²) in [6.45, 7) is 0.712. The largest absolute Gasteiger partial charge is 0.494 e. The van der Waals surface area contributed by atoms with E-state index in [0.29, 0.717) is 30.2 Å². The molecule has 9 nitrogen and oxygen atoms in total. The zero-order chi connectivity index (χ0) is 28.4. The zero-order valence-corrected chi connectivity index (χ0v) is 24.1. The van der Waals surface area contributed by atoms with E-state index in [0.717, 1.165) is 15.6 Å². The molecule has 0 saturated heterocycles. The minimum atomic E-state index is -1.35. The van der Waals surface area contributed by atoms with Crippen molar-refractivity contribution in [2.75, 3.05) is 34.0 Å². The Kier molecular flexibility index (Phi) is 10.7. The molecule has 4 rings (SSSR count). The maximum atomic E-state index is 14.1. The first-order valence-corrected chi connectivity index (χ1v) is 13.8. The van der Waals surface area contributed by atoms with Crippen molar-refractivity contribution in [2.45, 2.75) is 30.8 Å². The number of nitrogens with one attached hydrogen (secondary N) is 2.